The van der Waals surface area contributed by atoms with Gasteiger partial charge in [-0.2, -0.15) is 0 Å². The Labute approximate surface area is 112 Å². The largest absolute Gasteiger partial charge is 0.329 e. The zero-order valence-electron chi connectivity index (χ0n) is 10.6. The quantitative estimate of drug-likeness (QED) is 0.905. The molecule has 2 nitrogen and oxygen atoms in total. The van der Waals surface area contributed by atoms with E-state index in [1.54, 1.807) is 0 Å². The SMILES string of the molecule is CC1CC1CN(C)C(CN)c1ccc(Br)cc1. The third-order valence-electron chi connectivity index (χ3n) is 3.81. The van der Waals surface area contributed by atoms with Crippen molar-refractivity contribution in [2.45, 2.75) is 19.4 Å². The summed E-state index contributed by atoms with van der Waals surface area (Å²) in [6.07, 6.45) is 1.38. The Morgan fingerprint density at radius 3 is 2.47 bits per heavy atom. The number of benzene rings is 1. The molecule has 0 saturated heterocycles. The molecule has 0 radical (unpaired) electrons. The van der Waals surface area contributed by atoms with Gasteiger partial charge < -0.3 is 5.73 Å². The van der Waals surface area contributed by atoms with E-state index in [4.69, 9.17) is 5.73 Å². The normalized spacial score (nSPS) is 25.0. The Bertz CT molecular complexity index is 363. The Morgan fingerprint density at radius 1 is 1.41 bits per heavy atom. The fourth-order valence-corrected chi connectivity index (χ4v) is 2.67. The molecule has 0 aromatic heterocycles. The average molecular weight is 297 g/mol. The molecule has 3 unspecified atom stereocenters. The second kappa shape index (κ2) is 5.51. The minimum absolute atomic E-state index is 0.343. The van der Waals surface area contributed by atoms with Crippen LogP contribution in [0.3, 0.4) is 0 Å². The van der Waals surface area contributed by atoms with Gasteiger partial charge in [-0.1, -0.05) is 35.0 Å². The molecule has 1 aromatic rings. The third-order valence-corrected chi connectivity index (χ3v) is 4.34. The van der Waals surface area contributed by atoms with E-state index in [0.717, 1.165) is 16.3 Å². The van der Waals surface area contributed by atoms with Gasteiger partial charge in [0.05, 0.1) is 0 Å². The van der Waals surface area contributed by atoms with Crippen molar-refractivity contribution in [2.75, 3.05) is 20.1 Å². The van der Waals surface area contributed by atoms with Crippen molar-refractivity contribution in [1.82, 2.24) is 4.90 Å². The lowest BCUT2D eigenvalue weighted by molar-refractivity contribution is 0.237. The van der Waals surface area contributed by atoms with E-state index >= 15 is 0 Å². The van der Waals surface area contributed by atoms with Gasteiger partial charge in [0.25, 0.3) is 0 Å². The van der Waals surface area contributed by atoms with Gasteiger partial charge in [-0.3, -0.25) is 4.90 Å². The van der Waals surface area contributed by atoms with Crippen LogP contribution in [-0.4, -0.2) is 25.0 Å². The van der Waals surface area contributed by atoms with E-state index in [-0.39, 0.29) is 0 Å². The average Bonchev–Trinajstić information content (AvgIpc) is 2.98. The van der Waals surface area contributed by atoms with Crippen LogP contribution in [0.5, 0.6) is 0 Å². The van der Waals surface area contributed by atoms with E-state index in [1.807, 2.05) is 0 Å². The molecule has 2 rings (SSSR count). The molecule has 1 aliphatic rings. The summed E-state index contributed by atoms with van der Waals surface area (Å²) >= 11 is 3.47. The molecule has 3 atom stereocenters. The second-order valence-corrected chi connectivity index (χ2v) is 6.13. The summed E-state index contributed by atoms with van der Waals surface area (Å²) in [6, 6.07) is 8.84. The van der Waals surface area contributed by atoms with Crippen molar-refractivity contribution in [3.63, 3.8) is 0 Å². The van der Waals surface area contributed by atoms with Gasteiger partial charge >= 0.3 is 0 Å². The van der Waals surface area contributed by atoms with Crippen LogP contribution >= 0.6 is 15.9 Å². The Kier molecular flexibility index (Phi) is 4.23. The molecule has 0 spiro atoms. The summed E-state index contributed by atoms with van der Waals surface area (Å²) in [4.78, 5) is 2.40. The van der Waals surface area contributed by atoms with Crippen molar-refractivity contribution in [3.05, 3.63) is 34.3 Å². The summed E-state index contributed by atoms with van der Waals surface area (Å²) in [5.41, 5.74) is 7.23. The highest BCUT2D eigenvalue weighted by Gasteiger charge is 2.34. The minimum Gasteiger partial charge on any atom is -0.329 e. The van der Waals surface area contributed by atoms with Crippen LogP contribution in [0.25, 0.3) is 0 Å². The lowest BCUT2D eigenvalue weighted by Crippen LogP contribution is -2.32. The monoisotopic (exact) mass is 296 g/mol. The highest BCUT2D eigenvalue weighted by atomic mass is 79.9. The molecule has 1 fully saturated rings. The van der Waals surface area contributed by atoms with Gasteiger partial charge in [0, 0.05) is 23.6 Å². The first-order valence-electron chi connectivity index (χ1n) is 6.27. The van der Waals surface area contributed by atoms with Crippen molar-refractivity contribution in [1.29, 1.82) is 0 Å². The number of nitrogens with zero attached hydrogens (tertiary/aromatic N) is 1. The van der Waals surface area contributed by atoms with Gasteiger partial charge in [0.15, 0.2) is 0 Å². The molecule has 0 heterocycles. The molecule has 0 aliphatic heterocycles. The fraction of sp³-hybridized carbons (Fsp3) is 0.571. The lowest BCUT2D eigenvalue weighted by atomic mass is 10.1. The number of likely N-dealkylation sites (N-methyl/N-ethyl adjacent to an activating group) is 1. The van der Waals surface area contributed by atoms with Gasteiger partial charge in [-0.25, -0.2) is 0 Å². The molecule has 2 N–H and O–H groups in total. The molecule has 1 aromatic carbocycles. The van der Waals surface area contributed by atoms with E-state index in [2.05, 4.69) is 59.1 Å². The van der Waals surface area contributed by atoms with Crippen LogP contribution < -0.4 is 5.73 Å². The van der Waals surface area contributed by atoms with Crippen molar-refractivity contribution >= 4 is 15.9 Å². The van der Waals surface area contributed by atoms with Crippen molar-refractivity contribution < 1.29 is 0 Å². The second-order valence-electron chi connectivity index (χ2n) is 5.22. The molecule has 0 bridgehead atoms. The van der Waals surface area contributed by atoms with Crippen LogP contribution in [0, 0.1) is 11.8 Å². The lowest BCUT2D eigenvalue weighted by Gasteiger charge is -2.27. The first-order chi connectivity index (χ1) is 8.11. The summed E-state index contributed by atoms with van der Waals surface area (Å²) in [5, 5.41) is 0. The molecule has 17 heavy (non-hydrogen) atoms. The third kappa shape index (κ3) is 3.30. The fourth-order valence-electron chi connectivity index (χ4n) is 2.41. The van der Waals surface area contributed by atoms with Crippen LogP contribution in [0.2, 0.25) is 0 Å². The Hall–Kier alpha value is -0.380. The zero-order chi connectivity index (χ0) is 12.4. The van der Waals surface area contributed by atoms with Gasteiger partial charge in [0.1, 0.15) is 0 Å². The standard InChI is InChI=1S/C14H21BrN2/c1-10-7-12(10)9-17(2)14(8-16)11-3-5-13(15)6-4-11/h3-6,10,12,14H,7-9,16H2,1-2H3. The van der Waals surface area contributed by atoms with Gasteiger partial charge in [-0.15, -0.1) is 0 Å². The predicted octanol–water partition coefficient (Wildman–Crippen LogP) is 3.04. The van der Waals surface area contributed by atoms with Gasteiger partial charge in [-0.05, 0) is 43.0 Å². The van der Waals surface area contributed by atoms with E-state index in [9.17, 15) is 0 Å². The number of halogens is 1. The van der Waals surface area contributed by atoms with E-state index < -0.39 is 0 Å². The van der Waals surface area contributed by atoms with E-state index in [1.165, 1.54) is 18.5 Å². The highest BCUT2D eigenvalue weighted by Crippen LogP contribution is 2.39. The molecule has 0 amide bonds. The van der Waals surface area contributed by atoms with Crippen LogP contribution in [0.15, 0.2) is 28.7 Å². The molecular weight excluding hydrogens is 276 g/mol. The first-order valence-corrected chi connectivity index (χ1v) is 7.07. The number of nitrogens with two attached hydrogens (primary N) is 1. The van der Waals surface area contributed by atoms with Crippen molar-refractivity contribution in [3.8, 4) is 0 Å². The first kappa shape index (κ1) is 13.1. The summed E-state index contributed by atoms with van der Waals surface area (Å²) in [7, 11) is 2.19. The molecule has 1 aliphatic carbocycles. The smallest absolute Gasteiger partial charge is 0.0467 e. The molecule has 3 heteroatoms. The maximum absolute atomic E-state index is 5.92. The zero-order valence-corrected chi connectivity index (χ0v) is 12.2. The Morgan fingerprint density at radius 2 is 2.00 bits per heavy atom. The van der Waals surface area contributed by atoms with Crippen LogP contribution in [0.1, 0.15) is 24.9 Å². The van der Waals surface area contributed by atoms with Gasteiger partial charge in [0.2, 0.25) is 0 Å². The molecule has 94 valence electrons. The van der Waals surface area contributed by atoms with Crippen LogP contribution in [-0.2, 0) is 0 Å². The summed E-state index contributed by atoms with van der Waals surface area (Å²) in [6.45, 7) is 4.17. The highest BCUT2D eigenvalue weighted by molar-refractivity contribution is 9.10. The van der Waals surface area contributed by atoms with E-state index in [0.29, 0.717) is 12.6 Å². The summed E-state index contributed by atoms with van der Waals surface area (Å²) in [5.74, 6) is 1.78. The summed E-state index contributed by atoms with van der Waals surface area (Å²) < 4.78 is 1.12. The minimum atomic E-state index is 0.343. The maximum Gasteiger partial charge on any atom is 0.0467 e. The van der Waals surface area contributed by atoms with Crippen molar-refractivity contribution in [2.24, 2.45) is 17.6 Å². The number of rotatable bonds is 5. The number of hydrogen-bond acceptors (Lipinski definition) is 2. The molecular formula is C14H21BrN2. The molecule has 1 saturated carbocycles. The Balaban J connectivity index is 2.01. The maximum atomic E-state index is 5.92. The van der Waals surface area contributed by atoms with Crippen LogP contribution in [0.4, 0.5) is 0 Å². The topological polar surface area (TPSA) is 29.3 Å². The number of hydrogen-bond donors (Lipinski definition) is 1. The predicted molar refractivity (Wildman–Crippen MR) is 75.8 cm³/mol.